The van der Waals surface area contributed by atoms with E-state index >= 15 is 4.79 Å². The summed E-state index contributed by atoms with van der Waals surface area (Å²) in [6.45, 7) is 43.6. The maximum Gasteiger partial charge on any atom is 0.310 e. The van der Waals surface area contributed by atoms with Gasteiger partial charge in [-0.05, 0) is 122 Å². The second kappa shape index (κ2) is 69.8. The van der Waals surface area contributed by atoms with Gasteiger partial charge in [0.25, 0.3) is 0 Å². The predicted octanol–water partition coefficient (Wildman–Crippen LogP) is 32.3. The molecule has 6 heteroatoms. The third kappa shape index (κ3) is 41.4. The number of hydrogen-bond acceptors (Lipinski definition) is 5. The molecule has 0 bridgehead atoms. The number of aliphatic hydroxyl groups is 1. The fourth-order valence-electron chi connectivity index (χ4n) is 21.6. The van der Waals surface area contributed by atoms with Gasteiger partial charge in [-0.25, -0.2) is 0 Å². The van der Waals surface area contributed by atoms with Crippen LogP contribution < -0.4 is 0 Å². The van der Waals surface area contributed by atoms with E-state index in [0.29, 0.717) is 49.2 Å². The first-order valence-corrected chi connectivity index (χ1v) is 48.2. The number of hydrogen-bond donors (Lipinski definition) is 2. The monoisotopic (exact) mass is 1470 g/mol. The van der Waals surface area contributed by atoms with E-state index in [1.165, 1.54) is 308 Å². The molecular weight excluding hydrogens is 1270 g/mol. The molecule has 0 aromatic rings. The quantitative estimate of drug-likeness (QED) is 0.0466. The number of carboxylic acids is 1. The Morgan fingerprint density at radius 2 is 0.587 bits per heavy atom. The van der Waals surface area contributed by atoms with Crippen molar-refractivity contribution in [2.45, 2.75) is 515 Å². The van der Waals surface area contributed by atoms with E-state index in [4.69, 9.17) is 4.74 Å². The average Bonchev–Trinajstić information content (AvgIpc) is 0.668. The van der Waals surface area contributed by atoms with Crippen molar-refractivity contribution in [1.29, 1.82) is 0 Å². The van der Waals surface area contributed by atoms with Crippen molar-refractivity contribution in [1.82, 2.24) is 4.90 Å². The number of ether oxygens (including phenoxy) is 1. The maximum absolute atomic E-state index is 17.1. The van der Waals surface area contributed by atoms with Gasteiger partial charge in [0.2, 0.25) is 0 Å². The summed E-state index contributed by atoms with van der Waals surface area (Å²) in [6.07, 6.45) is 77.0. The standard InChI is InChI=1S/C98H195NO5/c1-17-25-33-41-50-60-71-86(10)93(78-69-81-99(82-83-100)80-68-58-48-57-67-79-94(101)104-84-85(9)70-59-49-40-32-24-8)96(87(11)72-61-51-42-34-26-18-2,88(12)73-62-52-43-35-27-19-3)98(91(15)76-65-55-46-38-30-22-6,92(16)77-66-56-47-39-31-23-7)97(95(102)103,89(13)74-63-53-44-36-28-20-4)90(14)75-64-54-45-37-29-21-5/h85-93,100H,17-84H2,1-16H3,(H,102,103). The highest BCUT2D eigenvalue weighted by molar-refractivity contribution is 5.77. The van der Waals surface area contributed by atoms with Crippen LogP contribution in [0.5, 0.6) is 0 Å². The van der Waals surface area contributed by atoms with Gasteiger partial charge in [0, 0.05) is 13.0 Å². The zero-order valence-corrected chi connectivity index (χ0v) is 74.3. The first kappa shape index (κ1) is 103. The summed E-state index contributed by atoms with van der Waals surface area (Å²) in [6, 6.07) is 0. The molecule has 0 rings (SSSR count). The molecule has 2 N–H and O–H groups in total. The van der Waals surface area contributed by atoms with Crippen molar-refractivity contribution in [3.63, 3.8) is 0 Å². The highest BCUT2D eigenvalue weighted by Crippen LogP contribution is 2.77. The summed E-state index contributed by atoms with van der Waals surface area (Å²) in [5.74, 6) is 2.05. The van der Waals surface area contributed by atoms with Gasteiger partial charge in [-0.2, -0.15) is 0 Å². The van der Waals surface area contributed by atoms with E-state index < -0.39 is 16.8 Å². The van der Waals surface area contributed by atoms with Crippen molar-refractivity contribution < 1.29 is 24.5 Å². The van der Waals surface area contributed by atoms with Gasteiger partial charge in [-0.1, -0.05) is 464 Å². The van der Waals surface area contributed by atoms with E-state index in [9.17, 15) is 15.0 Å². The van der Waals surface area contributed by atoms with E-state index in [1.54, 1.807) is 0 Å². The predicted molar refractivity (Wildman–Crippen MR) is 462 cm³/mol. The maximum atomic E-state index is 17.1. The molecule has 104 heavy (non-hydrogen) atoms. The lowest BCUT2D eigenvalue weighted by Gasteiger charge is -2.74. The fraction of sp³-hybridized carbons (Fsp3) is 0.980. The molecule has 0 saturated heterocycles. The highest BCUT2D eigenvalue weighted by Gasteiger charge is 2.75. The van der Waals surface area contributed by atoms with E-state index in [-0.39, 0.29) is 41.7 Å². The van der Waals surface area contributed by atoms with Crippen LogP contribution in [0.3, 0.4) is 0 Å². The molecule has 0 saturated carbocycles. The Balaban J connectivity index is 9.39. The second-order valence-electron chi connectivity index (χ2n) is 36.1. The van der Waals surface area contributed by atoms with E-state index in [2.05, 4.69) is 116 Å². The van der Waals surface area contributed by atoms with Gasteiger partial charge in [-0.15, -0.1) is 0 Å². The lowest BCUT2D eigenvalue weighted by molar-refractivity contribution is -0.278. The summed E-state index contributed by atoms with van der Waals surface area (Å²) in [4.78, 5) is 32.7. The van der Waals surface area contributed by atoms with Crippen LogP contribution in [0.2, 0.25) is 0 Å². The lowest BCUT2D eigenvalue weighted by Crippen LogP contribution is -2.73. The van der Waals surface area contributed by atoms with E-state index in [1.807, 2.05) is 0 Å². The van der Waals surface area contributed by atoms with Crippen molar-refractivity contribution in [2.24, 2.45) is 69.5 Å². The number of aliphatic hydroxyl groups excluding tert-OH is 1. The zero-order valence-electron chi connectivity index (χ0n) is 74.3. The number of unbranched alkanes of at least 4 members (excludes halogenated alkanes) is 43. The third-order valence-electron chi connectivity index (χ3n) is 27.3. The summed E-state index contributed by atoms with van der Waals surface area (Å²) in [5, 5.41) is 25.1. The molecule has 0 amide bonds. The van der Waals surface area contributed by atoms with Crippen molar-refractivity contribution >= 4 is 11.9 Å². The summed E-state index contributed by atoms with van der Waals surface area (Å²) < 4.78 is 5.80. The zero-order chi connectivity index (χ0) is 77.2. The largest absolute Gasteiger partial charge is 0.481 e. The molecule has 0 fully saturated rings. The molecule has 0 aliphatic carbocycles. The molecule has 0 radical (unpaired) electrons. The van der Waals surface area contributed by atoms with Crippen molar-refractivity contribution in [2.75, 3.05) is 32.8 Å². The first-order chi connectivity index (χ1) is 50.5. The molecule has 0 aliphatic heterocycles. The van der Waals surface area contributed by atoms with Gasteiger partial charge in [0.05, 0.1) is 18.6 Å². The molecule has 6 nitrogen and oxygen atoms in total. The molecule has 0 spiro atoms. The number of esters is 1. The van der Waals surface area contributed by atoms with Crippen LogP contribution in [0.4, 0.5) is 0 Å². The minimum Gasteiger partial charge on any atom is -0.481 e. The van der Waals surface area contributed by atoms with Crippen LogP contribution in [0.25, 0.3) is 0 Å². The lowest BCUT2D eigenvalue weighted by atomic mass is 9.29. The van der Waals surface area contributed by atoms with Crippen LogP contribution in [0.1, 0.15) is 515 Å². The van der Waals surface area contributed by atoms with Crippen LogP contribution in [-0.2, 0) is 14.3 Å². The summed E-state index contributed by atoms with van der Waals surface area (Å²) in [7, 11) is 0. The number of carbonyl (C=O) groups excluding carboxylic acids is 1. The van der Waals surface area contributed by atoms with E-state index in [0.717, 1.165) is 103 Å². The number of nitrogens with zero attached hydrogens (tertiary/aromatic N) is 1. The van der Waals surface area contributed by atoms with Gasteiger partial charge < -0.3 is 19.8 Å². The number of rotatable bonds is 82. The second-order valence-corrected chi connectivity index (χ2v) is 36.1. The summed E-state index contributed by atoms with van der Waals surface area (Å²) >= 11 is 0. The number of carboxylic acid groups (broad SMARTS) is 1. The third-order valence-corrected chi connectivity index (χ3v) is 27.3. The SMILES string of the molecule is CCCCCCCCC(C)C(CCCN(CCO)CCCCCCCC(=O)OCC(C)CCCCCCC)C(C(C)CCCCCCCC)(C(C)CCCCCCCC)C(C(C)CCCCCCCC)(C(C)CCCCCCCC)C(C(=O)O)(C(C)CCCCCCCC)C(C)CCCCCCCC. The van der Waals surface area contributed by atoms with Gasteiger partial charge >= 0.3 is 11.9 Å². The number of aliphatic carboxylic acids is 1. The topological polar surface area (TPSA) is 87.1 Å². The van der Waals surface area contributed by atoms with Crippen molar-refractivity contribution in [3.05, 3.63) is 0 Å². The molecule has 0 aromatic heterocycles. The van der Waals surface area contributed by atoms with Gasteiger partial charge in [0.15, 0.2) is 0 Å². The Hall–Kier alpha value is -1.14. The Morgan fingerprint density at radius 1 is 0.308 bits per heavy atom. The molecule has 0 heterocycles. The molecule has 622 valence electrons. The minimum atomic E-state index is -0.943. The smallest absolute Gasteiger partial charge is 0.310 e. The fourth-order valence-corrected chi connectivity index (χ4v) is 21.6. The van der Waals surface area contributed by atoms with Crippen LogP contribution >= 0.6 is 0 Å². The molecule has 9 unspecified atom stereocenters. The Bertz CT molecular complexity index is 1770. The Morgan fingerprint density at radius 3 is 0.923 bits per heavy atom. The summed E-state index contributed by atoms with van der Waals surface area (Å²) in [5.41, 5.74) is -1.71. The van der Waals surface area contributed by atoms with Crippen molar-refractivity contribution in [3.8, 4) is 0 Å². The van der Waals surface area contributed by atoms with Crippen LogP contribution in [0.15, 0.2) is 0 Å². The normalized spacial score (nSPS) is 16.5. The Labute approximate surface area is 655 Å². The molecule has 9 atom stereocenters. The molecular formula is C98H195NO5. The molecule has 0 aromatic carbocycles. The number of carbonyl (C=O) groups is 2. The average molecular weight is 1470 g/mol. The molecule has 0 aliphatic rings. The van der Waals surface area contributed by atoms with Crippen LogP contribution in [-0.4, -0.2) is 59.9 Å². The Kier molecular flexibility index (Phi) is 69.0. The highest BCUT2D eigenvalue weighted by atomic mass is 16.5. The van der Waals surface area contributed by atoms with Crippen LogP contribution in [0, 0.1) is 69.5 Å². The van der Waals surface area contributed by atoms with Gasteiger partial charge in [-0.3, -0.25) is 9.59 Å². The minimum absolute atomic E-state index is 0.0232. The first-order valence-electron chi connectivity index (χ1n) is 48.2. The van der Waals surface area contributed by atoms with Gasteiger partial charge in [0.1, 0.15) is 0 Å².